The fourth-order valence-electron chi connectivity index (χ4n) is 3.89. The Labute approximate surface area is 186 Å². The van der Waals surface area contributed by atoms with E-state index in [1.54, 1.807) is 12.4 Å². The number of aromatic nitrogens is 3. The number of rotatable bonds is 7. The van der Waals surface area contributed by atoms with E-state index in [0.29, 0.717) is 29.3 Å². The Morgan fingerprint density at radius 1 is 1.06 bits per heavy atom. The molecule has 8 heteroatoms. The lowest BCUT2D eigenvalue weighted by atomic mass is 9.86. The molecular weight excluding hydrogens is 415 g/mol. The van der Waals surface area contributed by atoms with Crippen LogP contribution in [0.4, 0.5) is 16.0 Å². The summed E-state index contributed by atoms with van der Waals surface area (Å²) < 4.78 is 13.3. The first-order valence-electron chi connectivity index (χ1n) is 10.5. The molecule has 3 aromatic rings. The van der Waals surface area contributed by atoms with Gasteiger partial charge in [-0.25, -0.2) is 14.4 Å². The number of halogens is 2. The number of nitrogens with zero attached hydrogens (tertiary/aromatic N) is 3. The van der Waals surface area contributed by atoms with Crippen molar-refractivity contribution in [3.8, 4) is 11.3 Å². The van der Waals surface area contributed by atoms with E-state index in [1.807, 2.05) is 24.3 Å². The molecule has 1 fully saturated rings. The largest absolute Gasteiger partial charge is 0.367 e. The molecule has 1 saturated carbocycles. The minimum absolute atomic E-state index is 0.360. The third-order valence-corrected chi connectivity index (χ3v) is 5.95. The average molecular weight is 441 g/mol. The van der Waals surface area contributed by atoms with Crippen molar-refractivity contribution in [2.24, 2.45) is 11.7 Å². The molecule has 0 radical (unpaired) electrons. The number of anilines is 2. The summed E-state index contributed by atoms with van der Waals surface area (Å²) in [7, 11) is 0. The predicted molar refractivity (Wildman–Crippen MR) is 122 cm³/mol. The number of pyridine rings is 3. The third kappa shape index (κ3) is 5.68. The zero-order chi connectivity index (χ0) is 21.6. The van der Waals surface area contributed by atoms with Crippen LogP contribution >= 0.6 is 11.6 Å². The summed E-state index contributed by atoms with van der Waals surface area (Å²) >= 11 is 6.44. The highest BCUT2D eigenvalue weighted by Crippen LogP contribution is 2.31. The molecule has 0 saturated heterocycles. The van der Waals surface area contributed by atoms with Crippen LogP contribution in [-0.4, -0.2) is 27.5 Å². The van der Waals surface area contributed by atoms with Gasteiger partial charge in [0, 0.05) is 30.5 Å². The van der Waals surface area contributed by atoms with Crippen molar-refractivity contribution in [1.82, 2.24) is 15.0 Å². The van der Waals surface area contributed by atoms with E-state index in [9.17, 15) is 4.39 Å². The van der Waals surface area contributed by atoms with E-state index in [-0.39, 0.29) is 5.82 Å². The van der Waals surface area contributed by atoms with Gasteiger partial charge in [0.1, 0.15) is 17.5 Å². The zero-order valence-electron chi connectivity index (χ0n) is 17.2. The smallest absolute Gasteiger partial charge is 0.141 e. The molecule has 3 aromatic heterocycles. The van der Waals surface area contributed by atoms with Crippen molar-refractivity contribution in [2.45, 2.75) is 38.3 Å². The van der Waals surface area contributed by atoms with Gasteiger partial charge in [-0.15, -0.1) is 0 Å². The molecular formula is C23H26ClFN6. The molecule has 1 aliphatic rings. The van der Waals surface area contributed by atoms with E-state index in [2.05, 4.69) is 25.6 Å². The maximum atomic E-state index is 13.3. The van der Waals surface area contributed by atoms with Gasteiger partial charge in [-0.1, -0.05) is 17.7 Å². The number of hydrogen-bond donors (Lipinski definition) is 3. The van der Waals surface area contributed by atoms with Gasteiger partial charge in [-0.3, -0.25) is 4.98 Å². The van der Waals surface area contributed by atoms with Crippen molar-refractivity contribution in [2.75, 3.05) is 17.2 Å². The topological polar surface area (TPSA) is 88.8 Å². The summed E-state index contributed by atoms with van der Waals surface area (Å²) in [6, 6.07) is 9.46. The Hall–Kier alpha value is -2.77. The van der Waals surface area contributed by atoms with Crippen LogP contribution in [-0.2, 0) is 6.54 Å². The molecule has 0 unspecified atom stereocenters. The van der Waals surface area contributed by atoms with Gasteiger partial charge in [-0.05, 0) is 68.0 Å². The first-order chi connectivity index (χ1) is 15.1. The Kier molecular flexibility index (Phi) is 6.94. The Morgan fingerprint density at radius 3 is 2.68 bits per heavy atom. The number of nitrogens with two attached hydrogens (primary N) is 1. The van der Waals surface area contributed by atoms with Gasteiger partial charge in [0.25, 0.3) is 0 Å². The van der Waals surface area contributed by atoms with E-state index < -0.39 is 0 Å². The highest BCUT2D eigenvalue weighted by Gasteiger charge is 2.20. The van der Waals surface area contributed by atoms with Crippen LogP contribution < -0.4 is 16.4 Å². The summed E-state index contributed by atoms with van der Waals surface area (Å²) in [6.45, 7) is 1.19. The van der Waals surface area contributed by atoms with Gasteiger partial charge >= 0.3 is 0 Å². The lowest BCUT2D eigenvalue weighted by Gasteiger charge is -2.28. The maximum absolute atomic E-state index is 13.3. The molecule has 0 aliphatic heterocycles. The first kappa shape index (κ1) is 21.5. The van der Waals surface area contributed by atoms with Crippen LogP contribution in [0.15, 0.2) is 48.9 Å². The molecule has 0 amide bonds. The van der Waals surface area contributed by atoms with Crippen molar-refractivity contribution in [3.05, 3.63) is 65.3 Å². The second-order valence-corrected chi connectivity index (χ2v) is 8.33. The van der Waals surface area contributed by atoms with Crippen LogP contribution in [0.25, 0.3) is 11.3 Å². The Morgan fingerprint density at radius 2 is 1.90 bits per heavy atom. The molecule has 0 aromatic carbocycles. The van der Waals surface area contributed by atoms with Crippen LogP contribution in [0.3, 0.4) is 0 Å². The standard InChI is InChI=1S/C23H26ClFN6/c24-20-14-29-23(30-18-6-4-15(10-26)5-7-18)9-19(20)21-2-1-3-22(31-21)28-12-16-8-17(25)13-27-11-16/h1-3,8-9,11,13-15,18H,4-7,10,12,26H2,(H,28,31)(H,29,30)/t15-,18-. The van der Waals surface area contributed by atoms with Gasteiger partial charge in [0.15, 0.2) is 0 Å². The first-order valence-corrected chi connectivity index (χ1v) is 10.9. The normalized spacial score (nSPS) is 18.5. The molecule has 0 bridgehead atoms. The van der Waals surface area contributed by atoms with Gasteiger partial charge in [-0.2, -0.15) is 0 Å². The summed E-state index contributed by atoms with van der Waals surface area (Å²) in [5.41, 5.74) is 8.09. The molecule has 4 rings (SSSR count). The Bertz CT molecular complexity index is 1020. The van der Waals surface area contributed by atoms with Crippen LogP contribution in [0.5, 0.6) is 0 Å². The minimum Gasteiger partial charge on any atom is -0.367 e. The summed E-state index contributed by atoms with van der Waals surface area (Å²) in [5, 5.41) is 7.28. The number of hydrogen-bond acceptors (Lipinski definition) is 6. The summed E-state index contributed by atoms with van der Waals surface area (Å²) in [4.78, 5) is 13.0. The van der Waals surface area contributed by atoms with E-state index >= 15 is 0 Å². The highest BCUT2D eigenvalue weighted by molar-refractivity contribution is 6.33. The van der Waals surface area contributed by atoms with Crippen LogP contribution in [0.1, 0.15) is 31.2 Å². The molecule has 0 spiro atoms. The maximum Gasteiger partial charge on any atom is 0.141 e. The molecule has 1 aliphatic carbocycles. The van der Waals surface area contributed by atoms with Crippen molar-refractivity contribution >= 4 is 23.2 Å². The SMILES string of the molecule is NC[C@H]1CC[C@H](Nc2cc(-c3cccc(NCc4cncc(F)c4)n3)c(Cl)cn2)CC1. The predicted octanol–water partition coefficient (Wildman–Crippen LogP) is 4.87. The lowest BCUT2D eigenvalue weighted by Crippen LogP contribution is -2.29. The zero-order valence-corrected chi connectivity index (χ0v) is 17.9. The lowest BCUT2D eigenvalue weighted by molar-refractivity contribution is 0.344. The van der Waals surface area contributed by atoms with Crippen molar-refractivity contribution < 1.29 is 4.39 Å². The average Bonchev–Trinajstić information content (AvgIpc) is 2.80. The molecule has 162 valence electrons. The third-order valence-electron chi connectivity index (χ3n) is 5.65. The quantitative estimate of drug-likeness (QED) is 0.485. The second kappa shape index (κ2) is 10.0. The fraction of sp³-hybridized carbons (Fsp3) is 0.348. The molecule has 31 heavy (non-hydrogen) atoms. The van der Waals surface area contributed by atoms with Gasteiger partial charge in [0.05, 0.1) is 16.9 Å². The minimum atomic E-state index is -0.360. The summed E-state index contributed by atoms with van der Waals surface area (Å²) in [6.07, 6.45) is 8.94. The van der Waals surface area contributed by atoms with E-state index in [1.165, 1.54) is 12.3 Å². The van der Waals surface area contributed by atoms with Gasteiger partial charge in [0.2, 0.25) is 0 Å². The summed E-state index contributed by atoms with van der Waals surface area (Å²) in [5.74, 6) is 1.74. The molecule has 4 N–H and O–H groups in total. The van der Waals surface area contributed by atoms with E-state index in [4.69, 9.17) is 17.3 Å². The monoisotopic (exact) mass is 440 g/mol. The second-order valence-electron chi connectivity index (χ2n) is 7.92. The number of nitrogens with one attached hydrogen (secondary N) is 2. The molecule has 6 nitrogen and oxygen atoms in total. The Balaban J connectivity index is 1.46. The molecule has 0 atom stereocenters. The van der Waals surface area contributed by atoms with E-state index in [0.717, 1.165) is 54.9 Å². The van der Waals surface area contributed by atoms with Crippen molar-refractivity contribution in [1.29, 1.82) is 0 Å². The van der Waals surface area contributed by atoms with Gasteiger partial charge < -0.3 is 16.4 Å². The highest BCUT2D eigenvalue weighted by atomic mass is 35.5. The molecule has 3 heterocycles. The van der Waals surface area contributed by atoms with Crippen LogP contribution in [0, 0.1) is 11.7 Å². The van der Waals surface area contributed by atoms with Crippen LogP contribution in [0.2, 0.25) is 5.02 Å². The van der Waals surface area contributed by atoms with Crippen molar-refractivity contribution in [3.63, 3.8) is 0 Å². The fourth-order valence-corrected chi connectivity index (χ4v) is 4.09.